The van der Waals surface area contributed by atoms with Crippen molar-refractivity contribution < 1.29 is 33.2 Å². The molecule has 2 N–H and O–H groups in total. The first-order valence-corrected chi connectivity index (χ1v) is 10.7. The van der Waals surface area contributed by atoms with Gasteiger partial charge in [-0.2, -0.15) is 0 Å². The predicted octanol–water partition coefficient (Wildman–Crippen LogP) is 3.42. The Balaban J connectivity index is 1.51. The van der Waals surface area contributed by atoms with Crippen molar-refractivity contribution in [3.8, 4) is 5.75 Å². The number of non-ortho nitro benzene ring substituents is 1. The number of rotatable bonds is 7. The maximum atomic E-state index is 13.7. The van der Waals surface area contributed by atoms with Crippen LogP contribution in [-0.4, -0.2) is 35.3 Å². The second-order valence-corrected chi connectivity index (χ2v) is 7.62. The van der Waals surface area contributed by atoms with E-state index in [1.807, 2.05) is 5.32 Å². The predicted molar refractivity (Wildman–Crippen MR) is 129 cm³/mol. The molecule has 11 nitrogen and oxygen atoms in total. The average Bonchev–Trinajstić information content (AvgIpc) is 2.87. The highest BCUT2D eigenvalue weighted by Gasteiger charge is 2.37. The monoisotopic (exact) mass is 504 g/mol. The van der Waals surface area contributed by atoms with Crippen LogP contribution in [0.3, 0.4) is 0 Å². The largest absolute Gasteiger partial charge is 0.484 e. The number of imide groups is 2. The number of hydrogen-bond acceptors (Lipinski definition) is 7. The average molecular weight is 504 g/mol. The number of benzene rings is 3. The molecule has 0 aliphatic carbocycles. The molecular weight excluding hydrogens is 487 g/mol. The van der Waals surface area contributed by atoms with E-state index in [1.54, 1.807) is 18.2 Å². The van der Waals surface area contributed by atoms with E-state index in [0.29, 0.717) is 10.5 Å². The Bertz CT molecular complexity index is 1470. The van der Waals surface area contributed by atoms with Crippen molar-refractivity contribution in [2.24, 2.45) is 0 Å². The first-order chi connectivity index (χ1) is 17.7. The van der Waals surface area contributed by atoms with E-state index < -0.39 is 46.7 Å². The molecule has 0 spiro atoms. The summed E-state index contributed by atoms with van der Waals surface area (Å²) in [4.78, 5) is 60.9. The summed E-state index contributed by atoms with van der Waals surface area (Å²) in [5, 5.41) is 15.5. The molecule has 4 rings (SSSR count). The standard InChI is InChI=1S/C25H17FN4O7/c26-20-9-1-2-10-21(20)27-22(31)14-37-18-8-3-5-15(11-18)12-19-23(32)28-25(34)29(24(19)33)16-6-4-7-17(13-16)30(35)36/h1-13H,14H2,(H,27,31)(H,28,32,34)/b19-12-. The van der Waals surface area contributed by atoms with E-state index in [2.05, 4.69) is 5.32 Å². The fourth-order valence-electron chi connectivity index (χ4n) is 3.40. The molecule has 1 aliphatic rings. The SMILES string of the molecule is O=C(COc1cccc(/C=C2/C(=O)NC(=O)N(c3cccc([N+](=O)[O-])c3)C2=O)c1)Nc1ccccc1F. The van der Waals surface area contributed by atoms with E-state index in [1.165, 1.54) is 54.6 Å². The Hall–Kier alpha value is -5.39. The van der Waals surface area contributed by atoms with Gasteiger partial charge in [0.25, 0.3) is 23.4 Å². The van der Waals surface area contributed by atoms with Crippen molar-refractivity contribution in [2.75, 3.05) is 16.8 Å². The molecule has 0 unspecified atom stereocenters. The molecule has 0 aromatic heterocycles. The number of nitrogens with one attached hydrogen (secondary N) is 2. The van der Waals surface area contributed by atoms with Gasteiger partial charge in [0.05, 0.1) is 16.3 Å². The van der Waals surface area contributed by atoms with Crippen molar-refractivity contribution in [2.45, 2.75) is 0 Å². The highest BCUT2D eigenvalue weighted by atomic mass is 19.1. The zero-order chi connectivity index (χ0) is 26.5. The summed E-state index contributed by atoms with van der Waals surface area (Å²) >= 11 is 0. The lowest BCUT2D eigenvalue weighted by molar-refractivity contribution is -0.384. The number of anilines is 2. The van der Waals surface area contributed by atoms with Gasteiger partial charge < -0.3 is 10.1 Å². The van der Waals surface area contributed by atoms with Crippen LogP contribution in [0.4, 0.5) is 26.2 Å². The molecule has 1 saturated heterocycles. The van der Waals surface area contributed by atoms with Crippen molar-refractivity contribution in [1.29, 1.82) is 0 Å². The van der Waals surface area contributed by atoms with E-state index in [0.717, 1.165) is 6.07 Å². The third kappa shape index (κ3) is 5.65. The van der Waals surface area contributed by atoms with Gasteiger partial charge in [0.2, 0.25) is 0 Å². The number of halogens is 1. The molecule has 1 heterocycles. The molecule has 3 aromatic rings. The van der Waals surface area contributed by atoms with Crippen LogP contribution in [-0.2, 0) is 14.4 Å². The van der Waals surface area contributed by atoms with Gasteiger partial charge in [-0.3, -0.25) is 29.8 Å². The van der Waals surface area contributed by atoms with Gasteiger partial charge in [-0.05, 0) is 42.0 Å². The lowest BCUT2D eigenvalue weighted by atomic mass is 10.1. The molecule has 1 fully saturated rings. The summed E-state index contributed by atoms with van der Waals surface area (Å²) in [7, 11) is 0. The van der Waals surface area contributed by atoms with Gasteiger partial charge in [-0.25, -0.2) is 14.1 Å². The van der Waals surface area contributed by atoms with Crippen molar-refractivity contribution >= 4 is 46.9 Å². The number of amides is 5. The number of hydrogen-bond donors (Lipinski definition) is 2. The van der Waals surface area contributed by atoms with Gasteiger partial charge in [-0.15, -0.1) is 0 Å². The summed E-state index contributed by atoms with van der Waals surface area (Å²) in [6.45, 7) is -0.442. The molecule has 37 heavy (non-hydrogen) atoms. The minimum atomic E-state index is -1.05. The second-order valence-electron chi connectivity index (χ2n) is 7.62. The number of nitrogens with zero attached hydrogens (tertiary/aromatic N) is 2. The summed E-state index contributed by atoms with van der Waals surface area (Å²) in [6, 6.07) is 15.5. The lowest BCUT2D eigenvalue weighted by Crippen LogP contribution is -2.54. The van der Waals surface area contributed by atoms with Gasteiger partial charge in [0, 0.05) is 12.1 Å². The maximum absolute atomic E-state index is 13.7. The summed E-state index contributed by atoms with van der Waals surface area (Å²) in [5.74, 6) is -2.93. The zero-order valence-electron chi connectivity index (χ0n) is 18.8. The Labute approximate surface area is 208 Å². The van der Waals surface area contributed by atoms with Crippen LogP contribution < -0.4 is 20.3 Å². The van der Waals surface area contributed by atoms with Crippen molar-refractivity contribution in [3.63, 3.8) is 0 Å². The molecule has 0 atom stereocenters. The van der Waals surface area contributed by atoms with Crippen molar-refractivity contribution in [3.05, 3.63) is 99.9 Å². The zero-order valence-corrected chi connectivity index (χ0v) is 18.8. The molecule has 5 amide bonds. The Morgan fingerprint density at radius 2 is 1.81 bits per heavy atom. The number of carbonyl (C=O) groups excluding carboxylic acids is 4. The van der Waals surface area contributed by atoms with Crippen LogP contribution >= 0.6 is 0 Å². The minimum Gasteiger partial charge on any atom is -0.484 e. The molecule has 0 radical (unpaired) electrons. The maximum Gasteiger partial charge on any atom is 0.335 e. The van der Waals surface area contributed by atoms with Crippen LogP contribution in [0, 0.1) is 15.9 Å². The third-order valence-electron chi connectivity index (χ3n) is 5.09. The fraction of sp³-hybridized carbons (Fsp3) is 0.0400. The molecule has 0 bridgehead atoms. The fourth-order valence-corrected chi connectivity index (χ4v) is 3.40. The second kappa shape index (κ2) is 10.5. The Kier molecular flexibility index (Phi) is 7.00. The number of nitro groups is 1. The van der Waals surface area contributed by atoms with E-state index in [4.69, 9.17) is 4.74 Å². The number of barbiturate groups is 1. The van der Waals surface area contributed by atoms with Crippen molar-refractivity contribution in [1.82, 2.24) is 5.32 Å². The Morgan fingerprint density at radius 1 is 1.05 bits per heavy atom. The number of nitro benzene ring substituents is 1. The Morgan fingerprint density at radius 3 is 2.57 bits per heavy atom. The number of ether oxygens (including phenoxy) is 1. The quantitative estimate of drug-likeness (QED) is 0.217. The molecule has 3 aromatic carbocycles. The molecule has 12 heteroatoms. The topological polar surface area (TPSA) is 148 Å². The normalized spacial score (nSPS) is 14.4. The van der Waals surface area contributed by atoms with E-state index >= 15 is 0 Å². The number of urea groups is 1. The third-order valence-corrected chi connectivity index (χ3v) is 5.09. The van der Waals surface area contributed by atoms with Crippen LogP contribution in [0.25, 0.3) is 6.08 Å². The van der Waals surface area contributed by atoms with Crippen LogP contribution in [0.2, 0.25) is 0 Å². The summed E-state index contributed by atoms with van der Waals surface area (Å²) in [5.41, 5.74) is -0.504. The number of para-hydroxylation sites is 1. The first-order valence-electron chi connectivity index (χ1n) is 10.7. The van der Waals surface area contributed by atoms with Gasteiger partial charge in [0.15, 0.2) is 6.61 Å². The van der Waals surface area contributed by atoms with Gasteiger partial charge in [-0.1, -0.05) is 30.3 Å². The van der Waals surface area contributed by atoms with E-state index in [-0.39, 0.29) is 22.8 Å². The van der Waals surface area contributed by atoms with Gasteiger partial charge in [0.1, 0.15) is 17.1 Å². The van der Waals surface area contributed by atoms with Crippen LogP contribution in [0.15, 0.2) is 78.4 Å². The molecular formula is C25H17FN4O7. The first kappa shape index (κ1) is 24.7. The smallest absolute Gasteiger partial charge is 0.335 e. The molecule has 1 aliphatic heterocycles. The molecule has 0 saturated carbocycles. The van der Waals surface area contributed by atoms with Crippen LogP contribution in [0.1, 0.15) is 5.56 Å². The molecule has 186 valence electrons. The number of carbonyl (C=O) groups is 4. The minimum absolute atomic E-state index is 0.000688. The van der Waals surface area contributed by atoms with Gasteiger partial charge >= 0.3 is 6.03 Å². The summed E-state index contributed by atoms with van der Waals surface area (Å²) < 4.78 is 19.1. The van der Waals surface area contributed by atoms with E-state index in [9.17, 15) is 33.7 Å². The lowest BCUT2D eigenvalue weighted by Gasteiger charge is -2.26. The van der Waals surface area contributed by atoms with Crippen LogP contribution in [0.5, 0.6) is 5.75 Å². The highest BCUT2D eigenvalue weighted by Crippen LogP contribution is 2.26. The summed E-state index contributed by atoms with van der Waals surface area (Å²) in [6.07, 6.45) is 1.21. The highest BCUT2D eigenvalue weighted by molar-refractivity contribution is 6.39.